The Hall–Kier alpha value is -0.750. The van der Waals surface area contributed by atoms with Gasteiger partial charge in [-0.15, -0.1) is 11.3 Å². The summed E-state index contributed by atoms with van der Waals surface area (Å²) in [5.74, 6) is 0. The van der Waals surface area contributed by atoms with E-state index < -0.39 is 0 Å². The second kappa shape index (κ2) is 7.31. The summed E-state index contributed by atoms with van der Waals surface area (Å²) in [5.41, 5.74) is 8.16. The van der Waals surface area contributed by atoms with E-state index in [1.165, 1.54) is 4.88 Å². The van der Waals surface area contributed by atoms with Crippen LogP contribution < -0.4 is 5.73 Å². The van der Waals surface area contributed by atoms with Crippen molar-refractivity contribution < 1.29 is 0 Å². The summed E-state index contributed by atoms with van der Waals surface area (Å²) >= 11 is 5.28. The molecule has 0 bridgehead atoms. The van der Waals surface area contributed by atoms with Crippen LogP contribution in [0.4, 0.5) is 0 Å². The molecule has 0 saturated carbocycles. The Bertz CT molecular complexity index is 556. The van der Waals surface area contributed by atoms with Crippen molar-refractivity contribution in [2.45, 2.75) is 26.4 Å². The lowest BCUT2D eigenvalue weighted by Gasteiger charge is -2.28. The average molecular weight is 354 g/mol. The van der Waals surface area contributed by atoms with Gasteiger partial charge in [0.2, 0.25) is 0 Å². The van der Waals surface area contributed by atoms with Crippen molar-refractivity contribution in [2.75, 3.05) is 13.1 Å². The van der Waals surface area contributed by atoms with Crippen molar-refractivity contribution in [3.05, 3.63) is 50.4 Å². The second-order valence-corrected chi connectivity index (χ2v) is 7.22. The fourth-order valence-electron chi connectivity index (χ4n) is 2.29. The second-order valence-electron chi connectivity index (χ2n) is 4.73. The minimum absolute atomic E-state index is 0.249. The van der Waals surface area contributed by atoms with Crippen molar-refractivity contribution in [3.63, 3.8) is 0 Å². The molecule has 0 aliphatic carbocycles. The maximum Gasteiger partial charge on any atom is 0.0702 e. The lowest BCUT2D eigenvalue weighted by Crippen LogP contribution is -2.33. The van der Waals surface area contributed by atoms with Gasteiger partial charge in [-0.25, -0.2) is 0 Å². The van der Waals surface area contributed by atoms with Gasteiger partial charge >= 0.3 is 0 Å². The zero-order valence-corrected chi connectivity index (χ0v) is 14.2. The molecule has 0 radical (unpaired) electrons. The van der Waals surface area contributed by atoms with E-state index in [9.17, 15) is 0 Å². The third kappa shape index (κ3) is 3.88. The normalized spacial score (nSPS) is 12.8. The summed E-state index contributed by atoms with van der Waals surface area (Å²) in [6, 6.07) is 10.6. The Morgan fingerprint density at radius 3 is 2.70 bits per heavy atom. The van der Waals surface area contributed by atoms with Crippen molar-refractivity contribution in [2.24, 2.45) is 5.73 Å². The standard InChI is InChI=1S/C15H20BrN3S/c1-3-19(10-12-6-4-5-11(2)18-12)13(9-17)14-7-8-15(16)20-14/h4-8,13H,3,9-10,17H2,1-2H3. The SMILES string of the molecule is CCN(Cc1cccc(C)n1)C(CN)c1ccc(Br)s1. The lowest BCUT2D eigenvalue weighted by atomic mass is 10.2. The molecule has 2 rings (SSSR count). The maximum atomic E-state index is 6.00. The van der Waals surface area contributed by atoms with E-state index in [1.807, 2.05) is 13.0 Å². The molecule has 2 N–H and O–H groups in total. The number of pyridine rings is 1. The van der Waals surface area contributed by atoms with Crippen LogP contribution in [0, 0.1) is 6.92 Å². The van der Waals surface area contributed by atoms with Gasteiger partial charge in [-0.3, -0.25) is 9.88 Å². The molecule has 3 nitrogen and oxygen atoms in total. The van der Waals surface area contributed by atoms with Crippen LogP contribution in [-0.4, -0.2) is 23.0 Å². The van der Waals surface area contributed by atoms with E-state index in [1.54, 1.807) is 11.3 Å². The summed E-state index contributed by atoms with van der Waals surface area (Å²) in [6.07, 6.45) is 0. The van der Waals surface area contributed by atoms with Gasteiger partial charge < -0.3 is 5.73 Å². The van der Waals surface area contributed by atoms with Crippen LogP contribution in [0.3, 0.4) is 0 Å². The number of halogens is 1. The molecule has 0 spiro atoms. The lowest BCUT2D eigenvalue weighted by molar-refractivity contribution is 0.204. The number of hydrogen-bond acceptors (Lipinski definition) is 4. The van der Waals surface area contributed by atoms with Gasteiger partial charge in [-0.2, -0.15) is 0 Å². The highest BCUT2D eigenvalue weighted by atomic mass is 79.9. The minimum atomic E-state index is 0.249. The van der Waals surface area contributed by atoms with Gasteiger partial charge in [-0.05, 0) is 53.7 Å². The molecule has 2 aromatic rings. The molecular weight excluding hydrogens is 334 g/mol. The quantitative estimate of drug-likeness (QED) is 0.859. The monoisotopic (exact) mass is 353 g/mol. The Balaban J connectivity index is 2.17. The molecule has 5 heteroatoms. The molecule has 1 unspecified atom stereocenters. The van der Waals surface area contributed by atoms with Gasteiger partial charge in [0.05, 0.1) is 15.5 Å². The van der Waals surface area contributed by atoms with Gasteiger partial charge in [0.1, 0.15) is 0 Å². The smallest absolute Gasteiger partial charge is 0.0702 e. The number of thiophene rings is 1. The first kappa shape index (κ1) is 15.6. The van der Waals surface area contributed by atoms with Gasteiger partial charge in [0.25, 0.3) is 0 Å². The average Bonchev–Trinajstić information content (AvgIpc) is 2.85. The Morgan fingerprint density at radius 2 is 2.15 bits per heavy atom. The third-order valence-electron chi connectivity index (χ3n) is 3.30. The molecule has 0 aliphatic rings. The molecule has 1 atom stereocenters. The first-order valence-electron chi connectivity index (χ1n) is 6.76. The van der Waals surface area contributed by atoms with E-state index in [2.05, 4.69) is 57.0 Å². The highest BCUT2D eigenvalue weighted by Crippen LogP contribution is 2.30. The Kier molecular flexibility index (Phi) is 5.72. The molecule has 0 amide bonds. The summed E-state index contributed by atoms with van der Waals surface area (Å²) in [6.45, 7) is 6.59. The van der Waals surface area contributed by atoms with E-state index in [4.69, 9.17) is 5.73 Å². The largest absolute Gasteiger partial charge is 0.329 e. The van der Waals surface area contributed by atoms with E-state index in [-0.39, 0.29) is 6.04 Å². The van der Waals surface area contributed by atoms with Crippen LogP contribution in [-0.2, 0) is 6.54 Å². The predicted molar refractivity (Wildman–Crippen MR) is 88.9 cm³/mol. The van der Waals surface area contributed by atoms with Crippen LogP contribution in [0.15, 0.2) is 34.1 Å². The highest BCUT2D eigenvalue weighted by molar-refractivity contribution is 9.11. The van der Waals surface area contributed by atoms with Gasteiger partial charge in [0, 0.05) is 23.7 Å². The fourth-order valence-corrected chi connectivity index (χ4v) is 3.86. The van der Waals surface area contributed by atoms with Crippen molar-refractivity contribution in [1.82, 2.24) is 9.88 Å². The van der Waals surface area contributed by atoms with Crippen LogP contribution in [0.25, 0.3) is 0 Å². The molecule has 20 heavy (non-hydrogen) atoms. The van der Waals surface area contributed by atoms with Crippen molar-refractivity contribution in [3.8, 4) is 0 Å². The van der Waals surface area contributed by atoms with Crippen molar-refractivity contribution in [1.29, 1.82) is 0 Å². The fraction of sp³-hybridized carbons (Fsp3) is 0.400. The Labute approximate surface area is 133 Å². The number of aromatic nitrogens is 1. The summed E-state index contributed by atoms with van der Waals surface area (Å²) in [5, 5.41) is 0. The molecule has 0 saturated heterocycles. The number of likely N-dealkylation sites (N-methyl/N-ethyl adjacent to an activating group) is 1. The summed E-state index contributed by atoms with van der Waals surface area (Å²) in [4.78, 5) is 8.26. The van der Waals surface area contributed by atoms with Crippen LogP contribution >= 0.6 is 27.3 Å². The number of aryl methyl sites for hydroxylation is 1. The number of hydrogen-bond donors (Lipinski definition) is 1. The van der Waals surface area contributed by atoms with E-state index >= 15 is 0 Å². The van der Waals surface area contributed by atoms with Crippen LogP contribution in [0.5, 0.6) is 0 Å². The summed E-state index contributed by atoms with van der Waals surface area (Å²) in [7, 11) is 0. The van der Waals surface area contributed by atoms with Gasteiger partial charge in [-0.1, -0.05) is 13.0 Å². The molecular formula is C15H20BrN3S. The van der Waals surface area contributed by atoms with Crippen LogP contribution in [0.1, 0.15) is 29.2 Å². The predicted octanol–water partition coefficient (Wildman–Crippen LogP) is 3.74. The first-order valence-corrected chi connectivity index (χ1v) is 8.37. The number of nitrogens with zero attached hydrogens (tertiary/aromatic N) is 2. The maximum absolute atomic E-state index is 6.00. The van der Waals surface area contributed by atoms with E-state index in [0.717, 1.165) is 28.3 Å². The highest BCUT2D eigenvalue weighted by Gasteiger charge is 2.20. The van der Waals surface area contributed by atoms with Gasteiger partial charge in [0.15, 0.2) is 0 Å². The molecule has 0 aliphatic heterocycles. The minimum Gasteiger partial charge on any atom is -0.329 e. The first-order chi connectivity index (χ1) is 9.63. The molecule has 108 valence electrons. The van der Waals surface area contributed by atoms with Crippen LogP contribution in [0.2, 0.25) is 0 Å². The van der Waals surface area contributed by atoms with Crippen molar-refractivity contribution >= 4 is 27.3 Å². The van der Waals surface area contributed by atoms with E-state index in [0.29, 0.717) is 6.54 Å². The molecule has 0 aromatic carbocycles. The number of rotatable bonds is 6. The molecule has 2 heterocycles. The zero-order chi connectivity index (χ0) is 14.5. The topological polar surface area (TPSA) is 42.2 Å². The molecule has 0 fully saturated rings. The third-order valence-corrected chi connectivity index (χ3v) is 5.03. The number of nitrogens with two attached hydrogens (primary N) is 1. The molecule has 2 aromatic heterocycles. The summed E-state index contributed by atoms with van der Waals surface area (Å²) < 4.78 is 1.15. The zero-order valence-electron chi connectivity index (χ0n) is 11.8. The Morgan fingerprint density at radius 1 is 1.35 bits per heavy atom.